The highest BCUT2D eigenvalue weighted by Crippen LogP contribution is 2.33. The van der Waals surface area contributed by atoms with Crippen molar-refractivity contribution in [3.8, 4) is 0 Å². The highest BCUT2D eigenvalue weighted by atomic mass is 19.4. The number of ketones is 1. The lowest BCUT2D eigenvalue weighted by molar-refractivity contribution is -0.138. The summed E-state index contributed by atoms with van der Waals surface area (Å²) in [6, 6.07) is 17.0. The Balaban J connectivity index is 1.97. The Labute approximate surface area is 200 Å². The zero-order valence-corrected chi connectivity index (χ0v) is 19.2. The number of carbonyl (C=O) groups excluding carboxylic acids is 1. The van der Waals surface area contributed by atoms with E-state index in [0.29, 0.717) is 29.5 Å². The van der Waals surface area contributed by atoms with Gasteiger partial charge in [0.1, 0.15) is 0 Å². The van der Waals surface area contributed by atoms with Crippen molar-refractivity contribution in [3.05, 3.63) is 112 Å². The minimum atomic E-state index is -4.45. The normalized spacial score (nSPS) is 12.9. The van der Waals surface area contributed by atoms with Gasteiger partial charge in [-0.1, -0.05) is 48.5 Å². The number of rotatable bonds is 7. The molecule has 0 unspecified atom stereocenters. The van der Waals surface area contributed by atoms with Gasteiger partial charge in [-0.05, 0) is 78.8 Å². The zero-order valence-electron chi connectivity index (χ0n) is 19.2. The molecular formula is C28H24F6O. The summed E-state index contributed by atoms with van der Waals surface area (Å²) in [7, 11) is 0. The van der Waals surface area contributed by atoms with Crippen LogP contribution in [0.15, 0.2) is 78.4 Å². The fourth-order valence-corrected chi connectivity index (χ4v) is 3.95. The average Bonchev–Trinajstić information content (AvgIpc) is 2.78. The fraction of sp³-hybridized carbons (Fsp3) is 0.250. The van der Waals surface area contributed by atoms with Gasteiger partial charge >= 0.3 is 12.4 Å². The number of Topliss-reactive ketones (excluding diaryl/α,β-unsaturated/α-hetero) is 1. The van der Waals surface area contributed by atoms with Crippen molar-refractivity contribution in [3.63, 3.8) is 0 Å². The van der Waals surface area contributed by atoms with Gasteiger partial charge in [-0.15, -0.1) is 0 Å². The van der Waals surface area contributed by atoms with Crippen LogP contribution in [0.3, 0.4) is 0 Å². The second-order valence-electron chi connectivity index (χ2n) is 8.39. The first kappa shape index (κ1) is 26.3. The van der Waals surface area contributed by atoms with Crippen LogP contribution in [0, 0.1) is 6.92 Å². The Morgan fingerprint density at radius 1 is 0.714 bits per heavy atom. The molecule has 0 heterocycles. The lowest BCUT2D eigenvalue weighted by Crippen LogP contribution is -2.08. The predicted molar refractivity (Wildman–Crippen MR) is 124 cm³/mol. The van der Waals surface area contributed by atoms with Crippen LogP contribution in [0.1, 0.15) is 46.7 Å². The van der Waals surface area contributed by atoms with Crippen molar-refractivity contribution < 1.29 is 31.1 Å². The Hall–Kier alpha value is -3.35. The van der Waals surface area contributed by atoms with Gasteiger partial charge in [0.15, 0.2) is 5.78 Å². The minimum Gasteiger partial charge on any atom is -0.295 e. The maximum absolute atomic E-state index is 12.9. The summed E-state index contributed by atoms with van der Waals surface area (Å²) in [5.74, 6) is -0.212. The lowest BCUT2D eigenvalue weighted by atomic mass is 9.87. The summed E-state index contributed by atoms with van der Waals surface area (Å²) in [5, 5.41) is 0. The predicted octanol–water partition coefficient (Wildman–Crippen LogP) is 8.25. The average molecular weight is 490 g/mol. The second kappa shape index (κ2) is 10.5. The van der Waals surface area contributed by atoms with Crippen molar-refractivity contribution in [2.24, 2.45) is 0 Å². The summed E-state index contributed by atoms with van der Waals surface area (Å²) >= 11 is 0. The molecule has 184 valence electrons. The summed E-state index contributed by atoms with van der Waals surface area (Å²) in [6.45, 7) is 3.30. The topological polar surface area (TPSA) is 17.1 Å². The number of halogens is 6. The zero-order chi connectivity index (χ0) is 25.8. The van der Waals surface area contributed by atoms with Gasteiger partial charge in [-0.25, -0.2) is 0 Å². The van der Waals surface area contributed by atoms with E-state index in [-0.39, 0.29) is 12.2 Å². The third kappa shape index (κ3) is 6.84. The SMILES string of the molecule is CC(=O)/C(Cc1ccc(C(F)(F)F)cc1)=C(/CCc1ccc(C(F)(F)F)cc1)c1ccccc1C. The summed E-state index contributed by atoms with van der Waals surface area (Å²) in [6.07, 6.45) is -7.96. The molecule has 0 bridgehead atoms. The van der Waals surface area contributed by atoms with E-state index in [1.54, 1.807) is 0 Å². The van der Waals surface area contributed by atoms with Crippen LogP contribution < -0.4 is 0 Å². The molecule has 0 radical (unpaired) electrons. The standard InChI is InChI=1S/C28H24F6O/c1-18-5-3-4-6-24(18)25(16-11-20-7-12-22(13-8-20)27(29,30)31)26(19(2)35)17-21-9-14-23(15-10-21)28(32,33)34/h3-10,12-15H,11,16-17H2,1-2H3/b26-25-. The molecule has 7 heteroatoms. The Kier molecular flexibility index (Phi) is 7.88. The van der Waals surface area contributed by atoms with Crippen LogP contribution in [-0.2, 0) is 30.0 Å². The third-order valence-electron chi connectivity index (χ3n) is 5.87. The van der Waals surface area contributed by atoms with Crippen molar-refractivity contribution in [2.45, 2.75) is 45.5 Å². The molecule has 1 nitrogen and oxygen atoms in total. The molecule has 0 aliphatic heterocycles. The number of alkyl halides is 6. The number of allylic oxidation sites excluding steroid dienone is 2. The summed E-state index contributed by atoms with van der Waals surface area (Å²) < 4.78 is 77.4. The molecule has 0 saturated carbocycles. The molecule has 3 aromatic rings. The number of aryl methyl sites for hydroxylation is 2. The van der Waals surface area contributed by atoms with Crippen LogP contribution in [-0.4, -0.2) is 5.78 Å². The molecule has 0 saturated heterocycles. The highest BCUT2D eigenvalue weighted by molar-refractivity contribution is 6.01. The molecule has 0 aliphatic rings. The summed E-state index contributed by atoms with van der Waals surface area (Å²) in [5.41, 5.74) is 2.68. The smallest absolute Gasteiger partial charge is 0.295 e. The van der Waals surface area contributed by atoms with E-state index in [0.717, 1.165) is 41.0 Å². The van der Waals surface area contributed by atoms with Gasteiger partial charge in [0.05, 0.1) is 11.1 Å². The van der Waals surface area contributed by atoms with Crippen LogP contribution in [0.4, 0.5) is 26.3 Å². The molecule has 3 aromatic carbocycles. The van der Waals surface area contributed by atoms with E-state index in [1.807, 2.05) is 31.2 Å². The molecule has 3 rings (SSSR count). The van der Waals surface area contributed by atoms with Gasteiger partial charge in [0, 0.05) is 12.0 Å². The maximum Gasteiger partial charge on any atom is 0.416 e. The van der Waals surface area contributed by atoms with Crippen LogP contribution >= 0.6 is 0 Å². The molecule has 0 aliphatic carbocycles. The van der Waals surface area contributed by atoms with Crippen LogP contribution in [0.5, 0.6) is 0 Å². The van der Waals surface area contributed by atoms with Crippen LogP contribution in [0.25, 0.3) is 5.57 Å². The monoisotopic (exact) mass is 490 g/mol. The first-order valence-corrected chi connectivity index (χ1v) is 11.0. The van der Waals surface area contributed by atoms with Crippen molar-refractivity contribution in [1.29, 1.82) is 0 Å². The van der Waals surface area contributed by atoms with E-state index in [2.05, 4.69) is 0 Å². The van der Waals surface area contributed by atoms with Gasteiger partial charge in [0.25, 0.3) is 0 Å². The molecular weight excluding hydrogens is 466 g/mol. The summed E-state index contributed by atoms with van der Waals surface area (Å²) in [4.78, 5) is 12.7. The van der Waals surface area contributed by atoms with Gasteiger partial charge in [0.2, 0.25) is 0 Å². The molecule has 0 spiro atoms. The van der Waals surface area contributed by atoms with E-state index in [9.17, 15) is 31.1 Å². The van der Waals surface area contributed by atoms with Gasteiger partial charge in [-0.3, -0.25) is 4.79 Å². The van der Waals surface area contributed by atoms with Crippen molar-refractivity contribution in [2.75, 3.05) is 0 Å². The number of hydrogen-bond acceptors (Lipinski definition) is 1. The van der Waals surface area contributed by atoms with Crippen molar-refractivity contribution >= 4 is 11.4 Å². The highest BCUT2D eigenvalue weighted by Gasteiger charge is 2.31. The molecule has 0 N–H and O–H groups in total. The maximum atomic E-state index is 12.9. The molecule has 0 amide bonds. The Bertz CT molecular complexity index is 1200. The number of carbonyl (C=O) groups is 1. The second-order valence-corrected chi connectivity index (χ2v) is 8.39. The molecule has 0 fully saturated rings. The number of hydrogen-bond donors (Lipinski definition) is 0. The number of benzene rings is 3. The first-order valence-electron chi connectivity index (χ1n) is 11.0. The Morgan fingerprint density at radius 3 is 1.66 bits per heavy atom. The quantitative estimate of drug-likeness (QED) is 0.241. The van der Waals surface area contributed by atoms with Gasteiger partial charge in [-0.2, -0.15) is 26.3 Å². The molecule has 0 aromatic heterocycles. The first-order chi connectivity index (χ1) is 16.4. The third-order valence-corrected chi connectivity index (χ3v) is 5.87. The van der Waals surface area contributed by atoms with E-state index in [4.69, 9.17) is 0 Å². The molecule has 35 heavy (non-hydrogen) atoms. The molecule has 0 atom stereocenters. The fourth-order valence-electron chi connectivity index (χ4n) is 3.95. The van der Waals surface area contributed by atoms with E-state index >= 15 is 0 Å². The van der Waals surface area contributed by atoms with Gasteiger partial charge < -0.3 is 0 Å². The van der Waals surface area contributed by atoms with E-state index < -0.39 is 23.5 Å². The van der Waals surface area contributed by atoms with Crippen LogP contribution in [0.2, 0.25) is 0 Å². The lowest BCUT2D eigenvalue weighted by Gasteiger charge is -2.17. The van der Waals surface area contributed by atoms with Crippen molar-refractivity contribution in [1.82, 2.24) is 0 Å². The largest absolute Gasteiger partial charge is 0.416 e. The Morgan fingerprint density at radius 2 is 1.20 bits per heavy atom. The van der Waals surface area contributed by atoms with E-state index in [1.165, 1.54) is 31.2 Å². The minimum absolute atomic E-state index is 0.143.